The molecule has 1 aromatic carbocycles. The van der Waals surface area contributed by atoms with Crippen molar-refractivity contribution in [1.29, 1.82) is 0 Å². The van der Waals surface area contributed by atoms with Crippen LogP contribution in [0.1, 0.15) is 37.3 Å². The monoisotopic (exact) mass is 372 g/mol. The van der Waals surface area contributed by atoms with Crippen LogP contribution in [-0.2, 0) is 11.3 Å². The smallest absolute Gasteiger partial charge is 0.239 e. The third kappa shape index (κ3) is 4.80. The van der Waals surface area contributed by atoms with E-state index in [1.54, 1.807) is 20.4 Å². The van der Waals surface area contributed by atoms with E-state index >= 15 is 0 Å². The molecule has 0 saturated heterocycles. The van der Waals surface area contributed by atoms with Gasteiger partial charge in [0.15, 0.2) is 11.5 Å². The third-order valence-corrected chi connectivity index (χ3v) is 4.92. The van der Waals surface area contributed by atoms with E-state index in [0.29, 0.717) is 30.6 Å². The van der Waals surface area contributed by atoms with Gasteiger partial charge in [0, 0.05) is 12.6 Å². The number of nitrogens with one attached hydrogen (secondary N) is 1. The fourth-order valence-corrected chi connectivity index (χ4v) is 3.63. The molecule has 1 fully saturated rings. The fraction of sp³-hybridized carbons (Fsp3) is 0.500. The standard InChI is InChI=1S/C20H28N4O3/c1-23(13-15-8-9-17(26-2)18(12-15)27-3)14-20(25)22-19-10-11-21-24(19)16-6-4-5-7-16/h8-12,16H,4-7,13-14H2,1-3H3,(H,22,25). The molecule has 0 spiro atoms. The predicted octanol–water partition coefficient (Wildman–Crippen LogP) is 3.09. The molecule has 1 aliphatic rings. The molecular formula is C20H28N4O3. The van der Waals surface area contributed by atoms with Crippen LogP contribution in [0.15, 0.2) is 30.5 Å². The first-order chi connectivity index (χ1) is 13.1. The highest BCUT2D eigenvalue weighted by atomic mass is 16.5. The lowest BCUT2D eigenvalue weighted by Crippen LogP contribution is -2.30. The summed E-state index contributed by atoms with van der Waals surface area (Å²) in [4.78, 5) is 14.4. The van der Waals surface area contributed by atoms with E-state index in [0.717, 1.165) is 24.2 Å². The van der Waals surface area contributed by atoms with Crippen LogP contribution in [0.25, 0.3) is 0 Å². The summed E-state index contributed by atoms with van der Waals surface area (Å²) in [6.07, 6.45) is 6.47. The second-order valence-electron chi connectivity index (χ2n) is 7.01. The Bertz CT molecular complexity index is 768. The molecule has 146 valence electrons. The second kappa shape index (κ2) is 8.90. The highest BCUT2D eigenvalue weighted by Gasteiger charge is 2.20. The van der Waals surface area contributed by atoms with Crippen LogP contribution < -0.4 is 14.8 Å². The van der Waals surface area contributed by atoms with Gasteiger partial charge in [0.25, 0.3) is 0 Å². The summed E-state index contributed by atoms with van der Waals surface area (Å²) in [5.41, 5.74) is 1.05. The zero-order chi connectivity index (χ0) is 19.2. The lowest BCUT2D eigenvalue weighted by atomic mass is 10.2. The van der Waals surface area contributed by atoms with Crippen LogP contribution in [0.5, 0.6) is 11.5 Å². The second-order valence-corrected chi connectivity index (χ2v) is 7.01. The van der Waals surface area contributed by atoms with Crippen LogP contribution in [0.3, 0.4) is 0 Å². The van der Waals surface area contributed by atoms with E-state index < -0.39 is 0 Å². The summed E-state index contributed by atoms with van der Waals surface area (Å²) in [6.45, 7) is 0.930. The van der Waals surface area contributed by atoms with Gasteiger partial charge in [-0.1, -0.05) is 18.9 Å². The number of hydrogen-bond donors (Lipinski definition) is 1. The van der Waals surface area contributed by atoms with Gasteiger partial charge in [0.05, 0.1) is 33.0 Å². The highest BCUT2D eigenvalue weighted by Crippen LogP contribution is 2.31. The summed E-state index contributed by atoms with van der Waals surface area (Å²) < 4.78 is 12.6. The van der Waals surface area contributed by atoms with Crippen molar-refractivity contribution in [3.63, 3.8) is 0 Å². The number of likely N-dealkylation sites (N-methyl/N-ethyl adjacent to an activating group) is 1. The fourth-order valence-electron chi connectivity index (χ4n) is 3.63. The van der Waals surface area contributed by atoms with E-state index in [1.165, 1.54) is 12.8 Å². The van der Waals surface area contributed by atoms with Gasteiger partial charge in [-0.3, -0.25) is 9.69 Å². The molecule has 1 heterocycles. The zero-order valence-corrected chi connectivity index (χ0v) is 16.3. The van der Waals surface area contributed by atoms with Gasteiger partial charge in [-0.2, -0.15) is 5.10 Å². The van der Waals surface area contributed by atoms with E-state index in [1.807, 2.05) is 40.9 Å². The number of benzene rings is 1. The molecule has 0 atom stereocenters. The number of anilines is 1. The van der Waals surface area contributed by atoms with E-state index in [9.17, 15) is 4.79 Å². The SMILES string of the molecule is COc1ccc(CN(C)CC(=O)Nc2ccnn2C2CCCC2)cc1OC. The number of aromatic nitrogens is 2. The van der Waals surface area contributed by atoms with Crippen molar-refractivity contribution in [2.45, 2.75) is 38.3 Å². The average Bonchev–Trinajstić information content (AvgIpc) is 3.32. The van der Waals surface area contributed by atoms with Crippen molar-refractivity contribution in [3.8, 4) is 11.5 Å². The maximum absolute atomic E-state index is 12.5. The van der Waals surface area contributed by atoms with E-state index in [-0.39, 0.29) is 5.91 Å². The van der Waals surface area contributed by atoms with Gasteiger partial charge >= 0.3 is 0 Å². The van der Waals surface area contributed by atoms with Crippen LogP contribution in [0.4, 0.5) is 5.82 Å². The molecule has 1 aromatic heterocycles. The minimum atomic E-state index is -0.0438. The molecule has 3 rings (SSSR count). The van der Waals surface area contributed by atoms with Gasteiger partial charge < -0.3 is 14.8 Å². The van der Waals surface area contributed by atoms with Gasteiger partial charge in [-0.15, -0.1) is 0 Å². The Morgan fingerprint density at radius 1 is 1.22 bits per heavy atom. The Balaban J connectivity index is 1.56. The first-order valence-electron chi connectivity index (χ1n) is 9.33. The van der Waals surface area contributed by atoms with Crippen molar-refractivity contribution in [3.05, 3.63) is 36.0 Å². The van der Waals surface area contributed by atoms with Crippen molar-refractivity contribution in [2.24, 2.45) is 0 Å². The number of rotatable bonds is 8. The van der Waals surface area contributed by atoms with E-state index in [2.05, 4.69) is 10.4 Å². The Hall–Kier alpha value is -2.54. The molecule has 7 nitrogen and oxygen atoms in total. The summed E-state index contributed by atoms with van der Waals surface area (Å²) in [6, 6.07) is 8.06. The molecule has 0 bridgehead atoms. The molecule has 7 heteroatoms. The molecule has 1 aliphatic carbocycles. The maximum atomic E-state index is 12.5. The Labute approximate surface area is 160 Å². The molecule has 1 saturated carbocycles. The van der Waals surface area contributed by atoms with Gasteiger partial charge in [0.1, 0.15) is 5.82 Å². The largest absolute Gasteiger partial charge is 0.493 e. The van der Waals surface area contributed by atoms with Crippen molar-refractivity contribution in [1.82, 2.24) is 14.7 Å². The molecular weight excluding hydrogens is 344 g/mol. The molecule has 2 aromatic rings. The maximum Gasteiger partial charge on any atom is 0.239 e. The topological polar surface area (TPSA) is 68.6 Å². The first kappa shape index (κ1) is 19.2. The van der Waals surface area contributed by atoms with Crippen LogP contribution in [0.2, 0.25) is 0 Å². The van der Waals surface area contributed by atoms with Crippen LogP contribution in [-0.4, -0.2) is 48.4 Å². The first-order valence-corrected chi connectivity index (χ1v) is 9.33. The van der Waals surface area contributed by atoms with Crippen LogP contribution in [0, 0.1) is 0 Å². The molecule has 1 amide bonds. The number of carbonyl (C=O) groups is 1. The number of nitrogens with zero attached hydrogens (tertiary/aromatic N) is 3. The molecule has 0 aliphatic heterocycles. The number of ether oxygens (including phenoxy) is 2. The number of methoxy groups -OCH3 is 2. The number of carbonyl (C=O) groups excluding carboxylic acids is 1. The molecule has 1 N–H and O–H groups in total. The Morgan fingerprint density at radius 2 is 1.96 bits per heavy atom. The van der Waals surface area contributed by atoms with Crippen molar-refractivity contribution >= 4 is 11.7 Å². The Kier molecular flexibility index (Phi) is 6.34. The molecule has 0 radical (unpaired) electrons. The van der Waals surface area contributed by atoms with Crippen LogP contribution >= 0.6 is 0 Å². The lowest BCUT2D eigenvalue weighted by molar-refractivity contribution is -0.117. The highest BCUT2D eigenvalue weighted by molar-refractivity contribution is 5.91. The predicted molar refractivity (Wildman–Crippen MR) is 104 cm³/mol. The molecule has 27 heavy (non-hydrogen) atoms. The Morgan fingerprint density at radius 3 is 2.67 bits per heavy atom. The number of amides is 1. The van der Waals surface area contributed by atoms with Gasteiger partial charge in [-0.25, -0.2) is 4.68 Å². The summed E-state index contributed by atoms with van der Waals surface area (Å²) in [5.74, 6) is 2.12. The normalized spacial score (nSPS) is 14.5. The summed E-state index contributed by atoms with van der Waals surface area (Å²) in [7, 11) is 5.15. The minimum absolute atomic E-state index is 0.0438. The summed E-state index contributed by atoms with van der Waals surface area (Å²) in [5, 5.41) is 7.40. The third-order valence-electron chi connectivity index (χ3n) is 4.92. The van der Waals surface area contributed by atoms with Crippen molar-refractivity contribution in [2.75, 3.05) is 33.1 Å². The molecule has 0 unspecified atom stereocenters. The van der Waals surface area contributed by atoms with Crippen molar-refractivity contribution < 1.29 is 14.3 Å². The van der Waals surface area contributed by atoms with E-state index in [4.69, 9.17) is 9.47 Å². The summed E-state index contributed by atoms with van der Waals surface area (Å²) >= 11 is 0. The number of hydrogen-bond acceptors (Lipinski definition) is 5. The quantitative estimate of drug-likeness (QED) is 0.771. The minimum Gasteiger partial charge on any atom is -0.493 e. The zero-order valence-electron chi connectivity index (χ0n) is 16.3. The van der Waals surface area contributed by atoms with Gasteiger partial charge in [-0.05, 0) is 37.6 Å². The average molecular weight is 372 g/mol. The lowest BCUT2D eigenvalue weighted by Gasteiger charge is -2.19. The van der Waals surface area contributed by atoms with Gasteiger partial charge in [0.2, 0.25) is 5.91 Å².